The fourth-order valence-electron chi connectivity index (χ4n) is 1.65. The summed E-state index contributed by atoms with van der Waals surface area (Å²) in [6.07, 6.45) is 0. The molecular weight excluding hydrogens is 260 g/mol. The third-order valence-electron chi connectivity index (χ3n) is 2.66. The van der Waals surface area contributed by atoms with Gasteiger partial charge in [-0.1, -0.05) is 17.7 Å². The van der Waals surface area contributed by atoms with E-state index >= 15 is 0 Å². The van der Waals surface area contributed by atoms with Crippen LogP contribution in [0.1, 0.15) is 21.1 Å². The zero-order valence-electron chi connectivity index (χ0n) is 11.0. The van der Waals surface area contributed by atoms with Crippen LogP contribution in [0.2, 0.25) is 0 Å². The molecule has 2 aromatic rings. The maximum Gasteiger partial charge on any atom is 0.103 e. The van der Waals surface area contributed by atoms with Crippen LogP contribution in [-0.4, -0.2) is 12.0 Å². The van der Waals surface area contributed by atoms with E-state index in [1.54, 1.807) is 0 Å². The first-order valence-corrected chi connectivity index (χ1v) is 7.78. The molecule has 0 saturated heterocycles. The Labute approximate surface area is 117 Å². The fourth-order valence-corrected chi connectivity index (χ4v) is 3.63. The number of aryl methyl sites for hydroxylation is 2. The number of nitrogens with one attached hydrogen (secondary N) is 1. The van der Waals surface area contributed by atoms with E-state index in [0.717, 1.165) is 18.0 Å². The van der Waals surface area contributed by atoms with Crippen LogP contribution < -0.4 is 5.32 Å². The van der Waals surface area contributed by atoms with Crippen molar-refractivity contribution in [1.82, 2.24) is 10.3 Å². The number of hydrogen-bond acceptors (Lipinski definition) is 4. The van der Waals surface area contributed by atoms with E-state index in [2.05, 4.69) is 48.4 Å². The van der Waals surface area contributed by atoms with Gasteiger partial charge in [0.25, 0.3) is 0 Å². The zero-order chi connectivity index (χ0) is 13.0. The van der Waals surface area contributed by atoms with Gasteiger partial charge in [-0.15, -0.1) is 23.1 Å². The lowest BCUT2D eigenvalue weighted by Gasteiger charge is -1.99. The number of hydrogen-bond donors (Lipinski definition) is 1. The summed E-state index contributed by atoms with van der Waals surface area (Å²) in [6.45, 7) is 5.12. The highest BCUT2D eigenvalue weighted by Crippen LogP contribution is 2.26. The second-order valence-electron chi connectivity index (χ2n) is 4.25. The number of nitrogens with zero attached hydrogens (tertiary/aromatic N) is 1. The zero-order valence-corrected chi connectivity index (χ0v) is 12.6. The lowest BCUT2D eigenvalue weighted by molar-refractivity contribution is 0.822. The van der Waals surface area contributed by atoms with Crippen molar-refractivity contribution in [1.29, 1.82) is 0 Å². The summed E-state index contributed by atoms with van der Waals surface area (Å²) in [5.41, 5.74) is 2.47. The minimum absolute atomic E-state index is 0.915. The van der Waals surface area contributed by atoms with Crippen LogP contribution in [-0.2, 0) is 12.3 Å². The van der Waals surface area contributed by atoms with Crippen molar-refractivity contribution >= 4 is 23.1 Å². The van der Waals surface area contributed by atoms with Crippen molar-refractivity contribution in [3.8, 4) is 0 Å². The van der Waals surface area contributed by atoms with Crippen LogP contribution in [0.5, 0.6) is 0 Å². The fraction of sp³-hybridized carbons (Fsp3) is 0.357. The topological polar surface area (TPSA) is 24.9 Å². The van der Waals surface area contributed by atoms with E-state index in [4.69, 9.17) is 0 Å². The van der Waals surface area contributed by atoms with Crippen LogP contribution in [0.15, 0.2) is 29.2 Å². The van der Waals surface area contributed by atoms with Gasteiger partial charge in [0.15, 0.2) is 0 Å². The van der Waals surface area contributed by atoms with Crippen LogP contribution in [0.3, 0.4) is 0 Å². The Hall–Kier alpha value is -0.840. The first-order chi connectivity index (χ1) is 8.69. The number of rotatable bonds is 5. The third kappa shape index (κ3) is 3.57. The van der Waals surface area contributed by atoms with Gasteiger partial charge in [-0.3, -0.25) is 0 Å². The largest absolute Gasteiger partial charge is 0.315 e. The molecule has 0 bridgehead atoms. The summed E-state index contributed by atoms with van der Waals surface area (Å²) in [5.74, 6) is 0.957. The van der Waals surface area contributed by atoms with Crippen LogP contribution in [0, 0.1) is 13.8 Å². The predicted molar refractivity (Wildman–Crippen MR) is 80.4 cm³/mol. The van der Waals surface area contributed by atoms with Crippen molar-refractivity contribution in [3.05, 3.63) is 45.4 Å². The number of benzene rings is 1. The molecule has 0 radical (unpaired) electrons. The standard InChI is InChI=1S/C14H18N2S2/c1-10-4-6-12(7-5-10)17-9-14-16-11(2)13(18-14)8-15-3/h4-7,15H,8-9H2,1-3H3. The number of thiazole rings is 1. The SMILES string of the molecule is CNCc1sc(CSc2ccc(C)cc2)nc1C. The molecular formula is C14H18N2S2. The molecule has 0 unspecified atom stereocenters. The first kappa shape index (κ1) is 13.6. The summed E-state index contributed by atoms with van der Waals surface area (Å²) in [5, 5.41) is 4.39. The van der Waals surface area contributed by atoms with E-state index < -0.39 is 0 Å². The highest BCUT2D eigenvalue weighted by atomic mass is 32.2. The summed E-state index contributed by atoms with van der Waals surface area (Å²) < 4.78 is 0. The molecule has 0 aliphatic heterocycles. The van der Waals surface area contributed by atoms with Gasteiger partial charge in [0.2, 0.25) is 0 Å². The first-order valence-electron chi connectivity index (χ1n) is 5.98. The van der Waals surface area contributed by atoms with Crippen molar-refractivity contribution in [2.24, 2.45) is 0 Å². The molecule has 2 rings (SSSR count). The molecule has 4 heteroatoms. The van der Waals surface area contributed by atoms with Gasteiger partial charge >= 0.3 is 0 Å². The summed E-state index contributed by atoms with van der Waals surface area (Å²) >= 11 is 3.66. The molecule has 0 amide bonds. The molecule has 0 spiro atoms. The maximum absolute atomic E-state index is 4.62. The average molecular weight is 278 g/mol. The van der Waals surface area contributed by atoms with Gasteiger partial charge in [0.05, 0.1) is 11.4 Å². The number of thioether (sulfide) groups is 1. The summed E-state index contributed by atoms with van der Waals surface area (Å²) in [6, 6.07) is 8.66. The lowest BCUT2D eigenvalue weighted by atomic mass is 10.2. The summed E-state index contributed by atoms with van der Waals surface area (Å²) in [7, 11) is 1.97. The minimum Gasteiger partial charge on any atom is -0.315 e. The van der Waals surface area contributed by atoms with Gasteiger partial charge in [0.1, 0.15) is 5.01 Å². The molecule has 1 N–H and O–H groups in total. The Morgan fingerprint density at radius 2 is 1.94 bits per heavy atom. The van der Waals surface area contributed by atoms with Crippen molar-refractivity contribution in [2.45, 2.75) is 31.0 Å². The Bertz CT molecular complexity index is 503. The van der Waals surface area contributed by atoms with Gasteiger partial charge in [-0.2, -0.15) is 0 Å². The van der Waals surface area contributed by atoms with Crippen LogP contribution in [0.25, 0.3) is 0 Å². The third-order valence-corrected chi connectivity index (χ3v) is 5.02. The predicted octanol–water partition coefficient (Wildman–Crippen LogP) is 3.77. The van der Waals surface area contributed by atoms with E-state index in [-0.39, 0.29) is 0 Å². The van der Waals surface area contributed by atoms with Crippen molar-refractivity contribution < 1.29 is 0 Å². The number of aromatic nitrogens is 1. The highest BCUT2D eigenvalue weighted by Gasteiger charge is 2.07. The van der Waals surface area contributed by atoms with Gasteiger partial charge in [-0.05, 0) is 33.0 Å². The normalized spacial score (nSPS) is 10.8. The molecule has 0 fully saturated rings. The molecule has 0 saturated carbocycles. The average Bonchev–Trinajstić information content (AvgIpc) is 2.70. The second kappa shape index (κ2) is 6.36. The monoisotopic (exact) mass is 278 g/mol. The highest BCUT2D eigenvalue weighted by molar-refractivity contribution is 7.98. The van der Waals surface area contributed by atoms with Gasteiger partial charge in [-0.25, -0.2) is 4.98 Å². The van der Waals surface area contributed by atoms with Crippen LogP contribution >= 0.6 is 23.1 Å². The van der Waals surface area contributed by atoms with Gasteiger partial charge < -0.3 is 5.32 Å². The Morgan fingerprint density at radius 1 is 1.22 bits per heavy atom. The molecule has 0 atom stereocenters. The van der Waals surface area contributed by atoms with E-state index in [0.29, 0.717) is 0 Å². The molecule has 0 aliphatic rings. The molecule has 96 valence electrons. The summed E-state index contributed by atoms with van der Waals surface area (Å²) in [4.78, 5) is 7.27. The van der Waals surface area contributed by atoms with Crippen molar-refractivity contribution in [2.75, 3.05) is 7.05 Å². The molecule has 18 heavy (non-hydrogen) atoms. The van der Waals surface area contributed by atoms with Crippen LogP contribution in [0.4, 0.5) is 0 Å². The smallest absolute Gasteiger partial charge is 0.103 e. The molecule has 1 aromatic carbocycles. The molecule has 2 nitrogen and oxygen atoms in total. The Balaban J connectivity index is 1.97. The van der Waals surface area contributed by atoms with Gasteiger partial charge in [0, 0.05) is 16.3 Å². The Morgan fingerprint density at radius 3 is 2.61 bits per heavy atom. The lowest BCUT2D eigenvalue weighted by Crippen LogP contribution is -2.04. The maximum atomic E-state index is 4.62. The van der Waals surface area contributed by atoms with E-state index in [9.17, 15) is 0 Å². The molecule has 0 aliphatic carbocycles. The molecule has 1 heterocycles. The Kier molecular flexibility index (Phi) is 4.80. The van der Waals surface area contributed by atoms with E-state index in [1.165, 1.54) is 20.3 Å². The van der Waals surface area contributed by atoms with E-state index in [1.807, 2.05) is 30.1 Å². The minimum atomic E-state index is 0.915. The van der Waals surface area contributed by atoms with Crippen molar-refractivity contribution in [3.63, 3.8) is 0 Å². The molecule has 1 aromatic heterocycles. The quantitative estimate of drug-likeness (QED) is 0.843. The second-order valence-corrected chi connectivity index (χ2v) is 6.47.